The van der Waals surface area contributed by atoms with E-state index in [4.69, 9.17) is 15.2 Å². The van der Waals surface area contributed by atoms with Gasteiger partial charge in [0, 0.05) is 16.6 Å². The number of thiophene rings is 1. The van der Waals surface area contributed by atoms with E-state index < -0.39 is 0 Å². The number of carbonyl (C=O) groups excluding carboxylic acids is 1. The third kappa shape index (κ3) is 3.97. The number of carbonyl (C=O) groups is 1. The van der Waals surface area contributed by atoms with E-state index in [1.807, 2.05) is 17.5 Å². The summed E-state index contributed by atoms with van der Waals surface area (Å²) in [5, 5.41) is 4.70. The second kappa shape index (κ2) is 6.93. The molecule has 1 amide bonds. The lowest BCUT2D eigenvalue weighted by molar-refractivity contribution is -0.120. The number of nitrogens with two attached hydrogens (primary N) is 1. The lowest BCUT2D eigenvalue weighted by atomic mass is 10.2. The maximum absolute atomic E-state index is 11.8. The molecule has 0 saturated carbocycles. The molecule has 0 aliphatic heterocycles. The minimum atomic E-state index is -0.232. The van der Waals surface area contributed by atoms with Crippen LogP contribution in [0, 0.1) is 0 Å². The average Bonchev–Trinajstić information content (AvgIpc) is 2.94. The molecule has 0 aliphatic carbocycles. The summed E-state index contributed by atoms with van der Waals surface area (Å²) in [6, 6.07) is 8.96. The Labute approximate surface area is 121 Å². The van der Waals surface area contributed by atoms with Crippen molar-refractivity contribution in [3.05, 3.63) is 40.6 Å². The maximum Gasteiger partial charge on any atom is 0.250 e. The van der Waals surface area contributed by atoms with E-state index in [1.54, 1.807) is 29.5 Å². The zero-order valence-electron chi connectivity index (χ0n) is 11.1. The van der Waals surface area contributed by atoms with E-state index in [0.717, 1.165) is 4.88 Å². The van der Waals surface area contributed by atoms with Crippen LogP contribution in [0.15, 0.2) is 35.7 Å². The van der Waals surface area contributed by atoms with Crippen LogP contribution in [-0.4, -0.2) is 19.6 Å². The fourth-order valence-electron chi connectivity index (χ4n) is 1.64. The van der Waals surface area contributed by atoms with Crippen molar-refractivity contribution < 1.29 is 14.3 Å². The van der Waals surface area contributed by atoms with Gasteiger partial charge in [-0.15, -0.1) is 11.3 Å². The number of nitrogen functional groups attached to an aromatic ring is 1. The number of benzene rings is 1. The van der Waals surface area contributed by atoms with Gasteiger partial charge in [-0.05, 0) is 23.6 Å². The predicted octanol–water partition coefficient (Wildman–Crippen LogP) is 2.49. The number of anilines is 2. The first kappa shape index (κ1) is 14.4. The number of ether oxygens (including phenoxy) is 2. The van der Waals surface area contributed by atoms with Gasteiger partial charge in [0.15, 0.2) is 0 Å². The molecule has 1 heterocycles. The molecule has 5 nitrogen and oxygen atoms in total. The third-order valence-electron chi connectivity index (χ3n) is 2.56. The first-order chi connectivity index (χ1) is 9.69. The summed E-state index contributed by atoms with van der Waals surface area (Å²) in [5.74, 6) is 0.293. The molecule has 2 rings (SSSR count). The van der Waals surface area contributed by atoms with Crippen molar-refractivity contribution in [3.8, 4) is 5.75 Å². The molecule has 6 heteroatoms. The largest absolute Gasteiger partial charge is 0.494 e. The van der Waals surface area contributed by atoms with Gasteiger partial charge in [0.1, 0.15) is 12.4 Å². The number of methoxy groups -OCH3 is 1. The van der Waals surface area contributed by atoms with E-state index in [9.17, 15) is 4.79 Å². The van der Waals surface area contributed by atoms with Gasteiger partial charge in [0.05, 0.1) is 19.4 Å². The molecule has 3 N–H and O–H groups in total. The van der Waals surface area contributed by atoms with Crippen molar-refractivity contribution in [1.82, 2.24) is 0 Å². The topological polar surface area (TPSA) is 73.6 Å². The molecule has 0 fully saturated rings. The van der Waals surface area contributed by atoms with Gasteiger partial charge < -0.3 is 20.5 Å². The van der Waals surface area contributed by atoms with Crippen LogP contribution < -0.4 is 15.8 Å². The normalized spacial score (nSPS) is 10.2. The first-order valence-electron chi connectivity index (χ1n) is 6.02. The second-order valence-electron chi connectivity index (χ2n) is 4.08. The SMILES string of the molecule is COc1cc(N)ccc1NC(=O)COCc1cccs1. The van der Waals surface area contributed by atoms with Gasteiger partial charge in [-0.2, -0.15) is 0 Å². The van der Waals surface area contributed by atoms with Crippen LogP contribution in [0.1, 0.15) is 4.88 Å². The molecule has 1 aromatic heterocycles. The highest BCUT2D eigenvalue weighted by Crippen LogP contribution is 2.26. The van der Waals surface area contributed by atoms with Gasteiger partial charge in [-0.3, -0.25) is 4.79 Å². The summed E-state index contributed by atoms with van der Waals surface area (Å²) in [6.45, 7) is 0.426. The molecule has 0 atom stereocenters. The van der Waals surface area contributed by atoms with Crippen LogP contribution in [0.5, 0.6) is 5.75 Å². The summed E-state index contributed by atoms with van der Waals surface area (Å²) in [7, 11) is 1.53. The van der Waals surface area contributed by atoms with Gasteiger partial charge in [-0.25, -0.2) is 0 Å². The Bertz CT molecular complexity index is 570. The van der Waals surface area contributed by atoms with Crippen LogP contribution in [0.4, 0.5) is 11.4 Å². The molecule has 2 aromatic rings. The van der Waals surface area contributed by atoms with Crippen LogP contribution in [0.3, 0.4) is 0 Å². The molecule has 0 spiro atoms. The third-order valence-corrected chi connectivity index (χ3v) is 3.41. The van der Waals surface area contributed by atoms with E-state index >= 15 is 0 Å². The van der Waals surface area contributed by atoms with Gasteiger partial charge in [0.25, 0.3) is 0 Å². The first-order valence-corrected chi connectivity index (χ1v) is 6.90. The summed E-state index contributed by atoms with van der Waals surface area (Å²) in [6.07, 6.45) is 0. The maximum atomic E-state index is 11.8. The molecular formula is C14H16N2O3S. The molecular weight excluding hydrogens is 276 g/mol. The molecule has 1 aromatic carbocycles. The molecule has 0 saturated heterocycles. The highest BCUT2D eigenvalue weighted by atomic mass is 32.1. The Balaban J connectivity index is 1.85. The van der Waals surface area contributed by atoms with E-state index in [-0.39, 0.29) is 12.5 Å². The standard InChI is InChI=1S/C14H16N2O3S/c1-18-13-7-10(15)4-5-12(13)16-14(17)9-19-8-11-3-2-6-20-11/h2-7H,8-9,15H2,1H3,(H,16,17). The Morgan fingerprint density at radius 1 is 1.40 bits per heavy atom. The van der Waals surface area contributed by atoms with Crippen molar-refractivity contribution in [1.29, 1.82) is 0 Å². The smallest absolute Gasteiger partial charge is 0.250 e. The van der Waals surface area contributed by atoms with E-state index in [1.165, 1.54) is 7.11 Å². The summed E-state index contributed by atoms with van der Waals surface area (Å²) >= 11 is 1.60. The minimum absolute atomic E-state index is 0.00850. The number of amides is 1. The molecule has 106 valence electrons. The molecule has 0 radical (unpaired) electrons. The minimum Gasteiger partial charge on any atom is -0.494 e. The predicted molar refractivity (Wildman–Crippen MR) is 80.0 cm³/mol. The van der Waals surface area contributed by atoms with Crippen molar-refractivity contribution >= 4 is 28.6 Å². The Hall–Kier alpha value is -2.05. The lowest BCUT2D eigenvalue weighted by Gasteiger charge is -2.10. The monoisotopic (exact) mass is 292 g/mol. The van der Waals surface area contributed by atoms with Gasteiger partial charge in [-0.1, -0.05) is 6.07 Å². The van der Waals surface area contributed by atoms with E-state index in [0.29, 0.717) is 23.7 Å². The molecule has 0 aliphatic rings. The quantitative estimate of drug-likeness (QED) is 0.802. The van der Waals surface area contributed by atoms with E-state index in [2.05, 4.69) is 5.32 Å². The van der Waals surface area contributed by atoms with Gasteiger partial charge >= 0.3 is 0 Å². The van der Waals surface area contributed by atoms with Crippen LogP contribution in [0.25, 0.3) is 0 Å². The highest BCUT2D eigenvalue weighted by molar-refractivity contribution is 7.09. The zero-order valence-corrected chi connectivity index (χ0v) is 11.9. The highest BCUT2D eigenvalue weighted by Gasteiger charge is 2.08. The van der Waals surface area contributed by atoms with Crippen LogP contribution in [-0.2, 0) is 16.1 Å². The molecule has 0 bridgehead atoms. The van der Waals surface area contributed by atoms with Gasteiger partial charge in [0.2, 0.25) is 5.91 Å². The molecule has 0 unspecified atom stereocenters. The fraction of sp³-hybridized carbons (Fsp3) is 0.214. The van der Waals surface area contributed by atoms with Crippen molar-refractivity contribution in [2.75, 3.05) is 24.8 Å². The number of rotatable bonds is 6. The Kier molecular flexibility index (Phi) is 4.97. The lowest BCUT2D eigenvalue weighted by Crippen LogP contribution is -2.18. The zero-order chi connectivity index (χ0) is 14.4. The van der Waals surface area contributed by atoms with Crippen molar-refractivity contribution in [2.45, 2.75) is 6.61 Å². The Morgan fingerprint density at radius 3 is 2.95 bits per heavy atom. The van der Waals surface area contributed by atoms with Crippen molar-refractivity contribution in [2.24, 2.45) is 0 Å². The molecule has 20 heavy (non-hydrogen) atoms. The summed E-state index contributed by atoms with van der Waals surface area (Å²) in [5.41, 5.74) is 6.81. The van der Waals surface area contributed by atoms with Crippen molar-refractivity contribution in [3.63, 3.8) is 0 Å². The van der Waals surface area contributed by atoms with Crippen LogP contribution in [0.2, 0.25) is 0 Å². The number of hydrogen-bond donors (Lipinski definition) is 2. The Morgan fingerprint density at radius 2 is 2.25 bits per heavy atom. The fourth-order valence-corrected chi connectivity index (χ4v) is 2.28. The average molecular weight is 292 g/mol. The summed E-state index contributed by atoms with van der Waals surface area (Å²) in [4.78, 5) is 12.9. The van der Waals surface area contributed by atoms with Crippen LogP contribution >= 0.6 is 11.3 Å². The number of nitrogens with one attached hydrogen (secondary N) is 1. The second-order valence-corrected chi connectivity index (χ2v) is 5.11. The summed E-state index contributed by atoms with van der Waals surface area (Å²) < 4.78 is 10.5. The number of hydrogen-bond acceptors (Lipinski definition) is 5.